The first-order valence-corrected chi connectivity index (χ1v) is 8.62. The van der Waals surface area contributed by atoms with Crippen molar-refractivity contribution in [3.05, 3.63) is 72.1 Å². The Labute approximate surface area is 164 Å². The highest BCUT2D eigenvalue weighted by Crippen LogP contribution is 2.24. The number of carboxylic acid groups (broad SMARTS) is 1. The zero-order chi connectivity index (χ0) is 18.4. The Kier molecular flexibility index (Phi) is 7.52. The second kappa shape index (κ2) is 9.85. The van der Waals surface area contributed by atoms with E-state index >= 15 is 0 Å². The molecule has 0 saturated carbocycles. The highest BCUT2D eigenvalue weighted by Gasteiger charge is 2.27. The molecule has 0 saturated heterocycles. The minimum Gasteiger partial charge on any atom is -0.480 e. The molecule has 27 heavy (non-hydrogen) atoms. The van der Waals surface area contributed by atoms with Gasteiger partial charge in [0.25, 0.3) is 0 Å². The number of halogens is 1. The van der Waals surface area contributed by atoms with Crippen LogP contribution in [0.3, 0.4) is 0 Å². The summed E-state index contributed by atoms with van der Waals surface area (Å²) in [5.74, 6) is -0.0707. The van der Waals surface area contributed by atoms with E-state index in [4.69, 9.17) is 4.52 Å². The summed E-state index contributed by atoms with van der Waals surface area (Å²) in [5, 5.41) is 16.7. The van der Waals surface area contributed by atoms with E-state index in [0.717, 1.165) is 17.5 Å². The summed E-state index contributed by atoms with van der Waals surface area (Å²) < 4.78 is 5.48. The smallest absolute Gasteiger partial charge is 0.320 e. The fraction of sp³-hybridized carbons (Fsp3) is 0.250. The molecule has 0 aliphatic carbocycles. The lowest BCUT2D eigenvalue weighted by atomic mass is 10.0. The molecule has 0 aliphatic heterocycles. The van der Waals surface area contributed by atoms with Crippen molar-refractivity contribution in [3.63, 3.8) is 0 Å². The first-order chi connectivity index (χ1) is 12.7. The van der Waals surface area contributed by atoms with Crippen LogP contribution in [0.15, 0.2) is 65.2 Å². The van der Waals surface area contributed by atoms with Gasteiger partial charge in [0.1, 0.15) is 12.1 Å². The molecule has 3 rings (SSSR count). The van der Waals surface area contributed by atoms with Crippen molar-refractivity contribution in [1.82, 2.24) is 15.5 Å². The second-order valence-corrected chi connectivity index (χ2v) is 6.01. The maximum Gasteiger partial charge on any atom is 0.320 e. The molecular weight excluding hydrogens is 366 g/mol. The quantitative estimate of drug-likeness (QED) is 0.605. The molecule has 1 heterocycles. The van der Waals surface area contributed by atoms with Gasteiger partial charge in [-0.3, -0.25) is 10.1 Å². The molecule has 142 valence electrons. The molecule has 0 amide bonds. The predicted octanol–water partition coefficient (Wildman–Crippen LogP) is 4.09. The van der Waals surface area contributed by atoms with Crippen LogP contribution < -0.4 is 5.32 Å². The number of nitrogens with one attached hydrogen (secondary N) is 1. The van der Waals surface area contributed by atoms with Crippen LogP contribution in [0, 0.1) is 0 Å². The Morgan fingerprint density at radius 3 is 2.33 bits per heavy atom. The summed E-state index contributed by atoms with van der Waals surface area (Å²) in [4.78, 5) is 16.1. The van der Waals surface area contributed by atoms with Gasteiger partial charge in [-0.2, -0.15) is 4.98 Å². The van der Waals surface area contributed by atoms with Crippen molar-refractivity contribution in [2.45, 2.75) is 31.8 Å². The molecule has 3 aromatic rings. The molecule has 0 radical (unpaired) electrons. The molecule has 0 fully saturated rings. The van der Waals surface area contributed by atoms with Crippen molar-refractivity contribution in [2.75, 3.05) is 0 Å². The number of benzene rings is 2. The number of carboxylic acids is 1. The van der Waals surface area contributed by atoms with E-state index in [-0.39, 0.29) is 12.4 Å². The number of aromatic nitrogens is 2. The molecule has 0 spiro atoms. The van der Waals surface area contributed by atoms with Gasteiger partial charge < -0.3 is 9.63 Å². The lowest BCUT2D eigenvalue weighted by Crippen LogP contribution is -2.39. The third kappa shape index (κ3) is 5.15. The second-order valence-electron chi connectivity index (χ2n) is 6.01. The zero-order valence-electron chi connectivity index (χ0n) is 14.9. The van der Waals surface area contributed by atoms with Crippen LogP contribution in [0.2, 0.25) is 0 Å². The van der Waals surface area contributed by atoms with Crippen molar-refractivity contribution in [2.24, 2.45) is 0 Å². The van der Waals surface area contributed by atoms with Gasteiger partial charge in [0.15, 0.2) is 0 Å². The molecule has 2 aromatic carbocycles. The van der Waals surface area contributed by atoms with Gasteiger partial charge in [0, 0.05) is 5.56 Å². The summed E-state index contributed by atoms with van der Waals surface area (Å²) in [6.07, 6.45) is 1.27. The van der Waals surface area contributed by atoms with E-state index in [2.05, 4.69) is 15.5 Å². The minimum atomic E-state index is -0.893. The van der Waals surface area contributed by atoms with E-state index in [1.807, 2.05) is 67.6 Å². The summed E-state index contributed by atoms with van der Waals surface area (Å²) in [6, 6.07) is 17.9. The Morgan fingerprint density at radius 1 is 1.11 bits per heavy atom. The molecule has 2 unspecified atom stereocenters. The normalized spacial score (nSPS) is 12.8. The van der Waals surface area contributed by atoms with Crippen LogP contribution in [-0.4, -0.2) is 27.3 Å². The Hall–Kier alpha value is -2.70. The molecule has 0 aliphatic rings. The lowest BCUT2D eigenvalue weighted by molar-refractivity contribution is -0.139. The lowest BCUT2D eigenvalue weighted by Gasteiger charge is -2.20. The largest absolute Gasteiger partial charge is 0.480 e. The summed E-state index contributed by atoms with van der Waals surface area (Å²) in [7, 11) is 0. The predicted molar refractivity (Wildman–Crippen MR) is 105 cm³/mol. The molecular formula is C20H22ClN3O3. The van der Waals surface area contributed by atoms with Crippen LogP contribution in [-0.2, 0) is 4.79 Å². The van der Waals surface area contributed by atoms with Gasteiger partial charge in [0.2, 0.25) is 11.7 Å². The average Bonchev–Trinajstić information content (AvgIpc) is 3.16. The molecule has 2 atom stereocenters. The maximum atomic E-state index is 11.6. The van der Waals surface area contributed by atoms with Gasteiger partial charge in [-0.15, -0.1) is 12.4 Å². The Bertz CT molecular complexity index is 840. The number of nitrogens with zero attached hydrogens (tertiary/aromatic N) is 2. The SMILES string of the molecule is CCCC(NC(c1ccccc1)c1nc(-c2ccccc2)no1)C(=O)O.Cl. The third-order valence-electron chi connectivity index (χ3n) is 4.10. The molecule has 2 N–H and O–H groups in total. The van der Waals surface area contributed by atoms with Crippen LogP contribution >= 0.6 is 12.4 Å². The number of rotatable bonds is 8. The van der Waals surface area contributed by atoms with E-state index in [1.165, 1.54) is 0 Å². The fourth-order valence-corrected chi connectivity index (χ4v) is 2.78. The number of hydrogen-bond acceptors (Lipinski definition) is 5. The minimum absolute atomic E-state index is 0. The topological polar surface area (TPSA) is 88.3 Å². The van der Waals surface area contributed by atoms with Crippen LogP contribution in [0.4, 0.5) is 0 Å². The zero-order valence-corrected chi connectivity index (χ0v) is 15.7. The van der Waals surface area contributed by atoms with Gasteiger partial charge in [0.05, 0.1) is 0 Å². The first-order valence-electron chi connectivity index (χ1n) is 8.62. The van der Waals surface area contributed by atoms with Gasteiger partial charge >= 0.3 is 5.97 Å². The van der Waals surface area contributed by atoms with Crippen molar-refractivity contribution < 1.29 is 14.4 Å². The van der Waals surface area contributed by atoms with Crippen molar-refractivity contribution in [1.29, 1.82) is 0 Å². The van der Waals surface area contributed by atoms with Gasteiger partial charge in [-0.1, -0.05) is 79.2 Å². The van der Waals surface area contributed by atoms with E-state index < -0.39 is 18.1 Å². The highest BCUT2D eigenvalue weighted by molar-refractivity contribution is 5.85. The summed E-state index contributed by atoms with van der Waals surface area (Å²) in [6.45, 7) is 1.95. The number of hydrogen-bond donors (Lipinski definition) is 2. The Balaban J connectivity index is 0.00000261. The summed E-state index contributed by atoms with van der Waals surface area (Å²) >= 11 is 0. The first kappa shape index (κ1) is 20.6. The fourth-order valence-electron chi connectivity index (χ4n) is 2.78. The van der Waals surface area contributed by atoms with E-state index in [1.54, 1.807) is 0 Å². The third-order valence-corrected chi connectivity index (χ3v) is 4.10. The van der Waals surface area contributed by atoms with Crippen molar-refractivity contribution >= 4 is 18.4 Å². The molecule has 1 aromatic heterocycles. The monoisotopic (exact) mass is 387 g/mol. The number of aliphatic carboxylic acids is 1. The summed E-state index contributed by atoms with van der Waals surface area (Å²) in [5.41, 5.74) is 1.72. The molecule has 7 heteroatoms. The standard InChI is InChI=1S/C20H21N3O3.ClH/c1-2-9-16(20(24)25)21-17(14-10-5-3-6-11-14)19-22-18(23-26-19)15-12-7-4-8-13-15;/h3-8,10-13,16-17,21H,2,9H2,1H3,(H,24,25);1H. The highest BCUT2D eigenvalue weighted by atomic mass is 35.5. The van der Waals surface area contributed by atoms with E-state index in [0.29, 0.717) is 18.1 Å². The molecule has 0 bridgehead atoms. The maximum absolute atomic E-state index is 11.6. The van der Waals surface area contributed by atoms with Crippen LogP contribution in [0.25, 0.3) is 11.4 Å². The average molecular weight is 388 g/mol. The molecule has 6 nitrogen and oxygen atoms in total. The van der Waals surface area contributed by atoms with Crippen LogP contribution in [0.1, 0.15) is 37.3 Å². The number of carbonyl (C=O) groups is 1. The van der Waals surface area contributed by atoms with E-state index in [9.17, 15) is 9.90 Å². The Morgan fingerprint density at radius 2 is 1.74 bits per heavy atom. The van der Waals surface area contributed by atoms with Crippen LogP contribution in [0.5, 0.6) is 0 Å². The van der Waals surface area contributed by atoms with Crippen molar-refractivity contribution in [3.8, 4) is 11.4 Å². The van der Waals surface area contributed by atoms with Gasteiger partial charge in [-0.25, -0.2) is 0 Å². The van der Waals surface area contributed by atoms with Gasteiger partial charge in [-0.05, 0) is 12.0 Å².